The summed E-state index contributed by atoms with van der Waals surface area (Å²) >= 11 is 12.0. The fourth-order valence-electron chi connectivity index (χ4n) is 4.26. The van der Waals surface area contributed by atoms with Crippen LogP contribution in [0.4, 0.5) is 5.69 Å². The van der Waals surface area contributed by atoms with Gasteiger partial charge in [0.2, 0.25) is 0 Å². The predicted octanol–water partition coefficient (Wildman–Crippen LogP) is 4.12. The molecule has 1 amide bonds. The van der Waals surface area contributed by atoms with Crippen LogP contribution in [0.2, 0.25) is 10.0 Å². The summed E-state index contributed by atoms with van der Waals surface area (Å²) in [6.07, 6.45) is 5.99. The highest BCUT2D eigenvalue weighted by molar-refractivity contribution is 7.87. The van der Waals surface area contributed by atoms with Crippen molar-refractivity contribution in [2.45, 2.75) is 64.1 Å². The maximum atomic E-state index is 13.1. The lowest BCUT2D eigenvalue weighted by molar-refractivity contribution is -0.139. The maximum Gasteiger partial charge on any atom is 0.322 e. The van der Waals surface area contributed by atoms with E-state index < -0.39 is 28.1 Å². The van der Waals surface area contributed by atoms with Crippen LogP contribution in [0.15, 0.2) is 36.7 Å². The Hall–Kier alpha value is -2.24. The van der Waals surface area contributed by atoms with E-state index in [0.717, 1.165) is 25.7 Å². The van der Waals surface area contributed by atoms with Crippen LogP contribution >= 0.6 is 23.2 Å². The largest absolute Gasteiger partial charge is 0.480 e. The number of benzene rings is 1. The van der Waals surface area contributed by atoms with E-state index in [1.165, 1.54) is 16.7 Å². The van der Waals surface area contributed by atoms with Crippen LogP contribution in [-0.4, -0.2) is 52.8 Å². The predicted molar refractivity (Wildman–Crippen MR) is 135 cm³/mol. The van der Waals surface area contributed by atoms with Crippen molar-refractivity contribution in [3.63, 3.8) is 0 Å². The van der Waals surface area contributed by atoms with Gasteiger partial charge in [-0.25, -0.2) is 0 Å². The number of amides is 1. The number of carboxylic acid groups (broad SMARTS) is 1. The molecule has 0 saturated heterocycles. The molecule has 0 aliphatic heterocycles. The molecule has 9 nitrogen and oxygen atoms in total. The summed E-state index contributed by atoms with van der Waals surface area (Å²) in [6, 6.07) is 4.63. The third-order valence-corrected chi connectivity index (χ3v) is 8.22. The van der Waals surface area contributed by atoms with Gasteiger partial charge >= 0.3 is 5.97 Å². The summed E-state index contributed by atoms with van der Waals surface area (Å²) in [5, 5.41) is 12.6. The first kappa shape index (κ1) is 27.3. The van der Waals surface area contributed by atoms with Gasteiger partial charge in [0, 0.05) is 30.2 Å². The highest BCUT2D eigenvalue weighted by Crippen LogP contribution is 2.27. The van der Waals surface area contributed by atoms with Crippen LogP contribution in [0.25, 0.3) is 0 Å². The molecule has 1 fully saturated rings. The molecule has 0 radical (unpaired) electrons. The fourth-order valence-corrected chi connectivity index (χ4v) is 6.62. The smallest absolute Gasteiger partial charge is 0.322 e. The summed E-state index contributed by atoms with van der Waals surface area (Å²) in [5.41, 5.74) is 1.10. The number of hydrogen-bond donors (Lipinski definition) is 3. The van der Waals surface area contributed by atoms with E-state index >= 15 is 0 Å². The van der Waals surface area contributed by atoms with Gasteiger partial charge in [0.05, 0.1) is 15.6 Å². The molecule has 35 heavy (non-hydrogen) atoms. The normalized spacial score (nSPS) is 15.5. The van der Waals surface area contributed by atoms with Gasteiger partial charge in [-0.15, -0.1) is 0 Å². The van der Waals surface area contributed by atoms with Crippen molar-refractivity contribution < 1.29 is 23.1 Å². The number of halogens is 2. The Balaban J connectivity index is 1.70. The molecule has 1 aliphatic carbocycles. The molecule has 1 heterocycles. The first-order valence-corrected chi connectivity index (χ1v) is 13.4. The third kappa shape index (κ3) is 6.92. The van der Waals surface area contributed by atoms with Crippen LogP contribution in [0.3, 0.4) is 0 Å². The molecule has 1 aromatic carbocycles. The van der Waals surface area contributed by atoms with Crippen molar-refractivity contribution >= 4 is 51.0 Å². The monoisotopic (exact) mass is 542 g/mol. The first-order chi connectivity index (χ1) is 16.5. The molecule has 2 aromatic rings. The summed E-state index contributed by atoms with van der Waals surface area (Å²) in [5.74, 6) is -1.80. The molecule has 190 valence electrons. The Kier molecular flexibility index (Phi) is 9.11. The lowest BCUT2D eigenvalue weighted by Gasteiger charge is -2.32. The van der Waals surface area contributed by atoms with Gasteiger partial charge in [-0.2, -0.15) is 17.4 Å². The number of aromatic nitrogens is 1. The average Bonchev–Trinajstić information content (AvgIpc) is 3.27. The van der Waals surface area contributed by atoms with Gasteiger partial charge in [0.15, 0.2) is 0 Å². The molecule has 1 atom stereocenters. The van der Waals surface area contributed by atoms with Crippen LogP contribution in [0, 0.1) is 0 Å². The lowest BCUT2D eigenvalue weighted by Crippen LogP contribution is -2.54. The molecule has 0 bridgehead atoms. The van der Waals surface area contributed by atoms with Crippen LogP contribution < -0.4 is 10.0 Å². The van der Waals surface area contributed by atoms with E-state index in [9.17, 15) is 23.1 Å². The zero-order valence-corrected chi connectivity index (χ0v) is 21.7. The molecular weight excluding hydrogens is 515 g/mol. The van der Waals surface area contributed by atoms with Crippen molar-refractivity contribution in [3.8, 4) is 0 Å². The van der Waals surface area contributed by atoms with Crippen LogP contribution in [0.1, 0.15) is 55.5 Å². The van der Waals surface area contributed by atoms with E-state index in [1.807, 2.05) is 0 Å². The van der Waals surface area contributed by atoms with Crippen molar-refractivity contribution in [2.24, 2.45) is 0 Å². The van der Waals surface area contributed by atoms with Gasteiger partial charge < -0.3 is 10.4 Å². The Morgan fingerprint density at radius 2 is 1.69 bits per heavy atom. The molecular formula is C23H28Cl2N4O5S. The van der Waals surface area contributed by atoms with Gasteiger partial charge in [0.25, 0.3) is 16.1 Å². The highest BCUT2D eigenvalue weighted by Gasteiger charge is 2.36. The number of aliphatic carboxylic acids is 1. The topological polar surface area (TPSA) is 129 Å². The quantitative estimate of drug-likeness (QED) is 0.414. The zero-order chi connectivity index (χ0) is 25.8. The van der Waals surface area contributed by atoms with Gasteiger partial charge in [0.1, 0.15) is 6.04 Å². The zero-order valence-electron chi connectivity index (χ0n) is 19.4. The van der Waals surface area contributed by atoms with Crippen LogP contribution in [0.5, 0.6) is 0 Å². The third-order valence-electron chi connectivity index (χ3n) is 5.79. The fraction of sp³-hybridized carbons (Fsp3) is 0.435. The number of nitrogens with zero attached hydrogens (tertiary/aromatic N) is 2. The number of hydrogen-bond acceptors (Lipinski definition) is 5. The Bertz CT molecular complexity index is 1150. The Morgan fingerprint density at radius 3 is 2.20 bits per heavy atom. The van der Waals surface area contributed by atoms with Gasteiger partial charge in [-0.1, -0.05) is 48.2 Å². The number of pyridine rings is 1. The van der Waals surface area contributed by atoms with E-state index in [1.54, 1.807) is 38.1 Å². The van der Waals surface area contributed by atoms with Crippen molar-refractivity contribution in [1.29, 1.82) is 0 Å². The molecule has 1 aromatic heterocycles. The Labute approximate surface area is 215 Å². The van der Waals surface area contributed by atoms with Gasteiger partial charge in [-0.05, 0) is 50.8 Å². The van der Waals surface area contributed by atoms with E-state index in [2.05, 4.69) is 15.0 Å². The Morgan fingerprint density at radius 1 is 1.11 bits per heavy atom. The standard InChI is InChI=1S/C23H28Cl2N4O5S/c1-14(2)29(17-5-3-4-6-17)35(33,34)28-20(23(31)32)11-15-7-9-16(10-8-15)27-22(30)21-18(24)12-26-13-19(21)25/h7-10,12-14,17,20,28H,3-6,11H2,1-2H3,(H,27,30)(H,31,32)/t20-/m0/s1. The lowest BCUT2D eigenvalue weighted by atomic mass is 10.1. The van der Waals surface area contributed by atoms with Crippen LogP contribution in [-0.2, 0) is 21.4 Å². The molecule has 12 heteroatoms. The van der Waals surface area contributed by atoms with Crippen molar-refractivity contribution in [1.82, 2.24) is 14.0 Å². The average molecular weight is 543 g/mol. The van der Waals surface area contributed by atoms with E-state index in [4.69, 9.17) is 23.2 Å². The molecule has 0 spiro atoms. The minimum atomic E-state index is -4.02. The number of nitrogens with one attached hydrogen (secondary N) is 2. The number of carbonyl (C=O) groups is 2. The minimum absolute atomic E-state index is 0.0681. The van der Waals surface area contributed by atoms with Crippen molar-refractivity contribution in [2.75, 3.05) is 5.32 Å². The molecule has 1 aliphatic rings. The summed E-state index contributed by atoms with van der Waals surface area (Å²) in [6.45, 7) is 3.57. The molecule has 1 saturated carbocycles. The first-order valence-electron chi connectivity index (χ1n) is 11.2. The number of anilines is 1. The molecule has 0 unspecified atom stereocenters. The SMILES string of the molecule is CC(C)N(C1CCCC1)S(=O)(=O)N[C@@H](Cc1ccc(NC(=O)c2c(Cl)cncc2Cl)cc1)C(=O)O. The number of carbonyl (C=O) groups excluding carboxylic acids is 1. The summed E-state index contributed by atoms with van der Waals surface area (Å²) in [4.78, 5) is 28.2. The molecule has 3 N–H and O–H groups in total. The van der Waals surface area contributed by atoms with Crippen molar-refractivity contribution in [3.05, 3.63) is 57.8 Å². The minimum Gasteiger partial charge on any atom is -0.480 e. The highest BCUT2D eigenvalue weighted by atomic mass is 35.5. The van der Waals surface area contributed by atoms with E-state index in [-0.39, 0.29) is 34.1 Å². The van der Waals surface area contributed by atoms with Gasteiger partial charge in [-0.3, -0.25) is 14.6 Å². The number of rotatable bonds is 10. The molecule has 3 rings (SSSR count). The maximum absolute atomic E-state index is 13.1. The summed E-state index contributed by atoms with van der Waals surface area (Å²) < 4.78 is 30.0. The second-order valence-corrected chi connectivity index (χ2v) is 11.1. The second-order valence-electron chi connectivity index (χ2n) is 8.71. The number of carboxylic acids is 1. The second kappa shape index (κ2) is 11.7. The summed E-state index contributed by atoms with van der Waals surface area (Å²) in [7, 11) is -4.02. The van der Waals surface area contributed by atoms with E-state index in [0.29, 0.717) is 11.3 Å².